The molecule has 0 aliphatic carbocycles. The molecule has 0 radical (unpaired) electrons. The summed E-state index contributed by atoms with van der Waals surface area (Å²) < 4.78 is 10.1. The Morgan fingerprint density at radius 3 is 2.24 bits per heavy atom. The van der Waals surface area contributed by atoms with Crippen molar-refractivity contribution in [2.24, 2.45) is 11.7 Å². The number of hydrogen-bond acceptors (Lipinski definition) is 4. The van der Waals surface area contributed by atoms with E-state index in [9.17, 15) is 4.79 Å². The lowest BCUT2D eigenvalue weighted by Gasteiger charge is -2.32. The molecule has 0 aromatic rings. The van der Waals surface area contributed by atoms with Crippen LogP contribution in [0.15, 0.2) is 0 Å². The zero-order chi connectivity index (χ0) is 13.4. The summed E-state index contributed by atoms with van der Waals surface area (Å²) in [5.41, 5.74) is 5.89. The lowest BCUT2D eigenvalue weighted by atomic mass is 10.0. The van der Waals surface area contributed by atoms with Crippen LogP contribution in [-0.4, -0.2) is 56.9 Å². The van der Waals surface area contributed by atoms with Gasteiger partial charge in [0.05, 0.1) is 25.3 Å². The molecule has 0 aliphatic rings. The number of rotatable bonds is 8. The molecule has 0 saturated carbocycles. The number of hydrogen-bond donors (Lipinski definition) is 1. The second kappa shape index (κ2) is 8.44. The van der Waals surface area contributed by atoms with E-state index >= 15 is 0 Å². The van der Waals surface area contributed by atoms with Gasteiger partial charge in [-0.2, -0.15) is 0 Å². The minimum Gasteiger partial charge on any atom is -0.383 e. The number of methoxy groups -OCH3 is 2. The summed E-state index contributed by atoms with van der Waals surface area (Å²) in [5, 5.41) is 0. The van der Waals surface area contributed by atoms with Crippen molar-refractivity contribution in [3.63, 3.8) is 0 Å². The highest BCUT2D eigenvalue weighted by Crippen LogP contribution is 2.08. The molecule has 1 amide bonds. The first-order valence-electron chi connectivity index (χ1n) is 5.99. The Bertz CT molecular complexity index is 222. The zero-order valence-electron chi connectivity index (χ0n) is 11.6. The molecule has 0 aromatic carbocycles. The second-order valence-corrected chi connectivity index (χ2v) is 4.60. The van der Waals surface area contributed by atoms with E-state index in [1.165, 1.54) is 0 Å². The fourth-order valence-corrected chi connectivity index (χ4v) is 1.55. The summed E-state index contributed by atoms with van der Waals surface area (Å²) in [6.07, 6.45) is 0. The van der Waals surface area contributed by atoms with Gasteiger partial charge in [0.25, 0.3) is 0 Å². The molecule has 5 heteroatoms. The van der Waals surface area contributed by atoms with Gasteiger partial charge in [0.2, 0.25) is 5.91 Å². The highest BCUT2D eigenvalue weighted by atomic mass is 16.5. The standard InChI is InChI=1S/C12H26N2O3/c1-9(2)11(13)12(15)14(6-7-16-4)10(3)8-17-5/h9-11H,6-8,13H2,1-5H3/t10?,11-/m1/s1. The van der Waals surface area contributed by atoms with Crippen molar-refractivity contribution in [3.05, 3.63) is 0 Å². The van der Waals surface area contributed by atoms with Gasteiger partial charge in [-0.25, -0.2) is 0 Å². The van der Waals surface area contributed by atoms with Crippen LogP contribution >= 0.6 is 0 Å². The summed E-state index contributed by atoms with van der Waals surface area (Å²) in [4.78, 5) is 13.9. The van der Waals surface area contributed by atoms with Gasteiger partial charge in [0.1, 0.15) is 0 Å². The maximum atomic E-state index is 12.2. The first-order chi connectivity index (χ1) is 7.95. The van der Waals surface area contributed by atoms with Crippen LogP contribution in [0.4, 0.5) is 0 Å². The fourth-order valence-electron chi connectivity index (χ4n) is 1.55. The molecule has 0 aliphatic heterocycles. The van der Waals surface area contributed by atoms with Crippen LogP contribution in [-0.2, 0) is 14.3 Å². The molecule has 0 rings (SSSR count). The topological polar surface area (TPSA) is 64.8 Å². The predicted octanol–water partition coefficient (Wildman–Crippen LogP) is 0.480. The Kier molecular flexibility index (Phi) is 8.12. The Balaban J connectivity index is 4.59. The number of nitrogens with zero attached hydrogens (tertiary/aromatic N) is 1. The molecule has 5 nitrogen and oxygen atoms in total. The molecule has 17 heavy (non-hydrogen) atoms. The minimum absolute atomic E-state index is 0.00690. The number of ether oxygens (including phenoxy) is 2. The Morgan fingerprint density at radius 2 is 1.82 bits per heavy atom. The smallest absolute Gasteiger partial charge is 0.240 e. The van der Waals surface area contributed by atoms with Gasteiger partial charge in [-0.05, 0) is 12.8 Å². The van der Waals surface area contributed by atoms with E-state index in [4.69, 9.17) is 15.2 Å². The normalized spacial score (nSPS) is 14.8. The quantitative estimate of drug-likeness (QED) is 0.676. The number of carbonyl (C=O) groups excluding carboxylic acids is 1. The van der Waals surface area contributed by atoms with Crippen molar-refractivity contribution in [3.8, 4) is 0 Å². The third-order valence-electron chi connectivity index (χ3n) is 2.76. The van der Waals surface area contributed by atoms with E-state index in [0.29, 0.717) is 19.8 Å². The molecule has 0 fully saturated rings. The minimum atomic E-state index is -0.467. The van der Waals surface area contributed by atoms with Crippen LogP contribution in [0.25, 0.3) is 0 Å². The molecule has 102 valence electrons. The highest BCUT2D eigenvalue weighted by Gasteiger charge is 2.26. The monoisotopic (exact) mass is 246 g/mol. The average Bonchev–Trinajstić information content (AvgIpc) is 2.28. The molecule has 2 N–H and O–H groups in total. The molecule has 2 atom stereocenters. The van der Waals surface area contributed by atoms with Crippen LogP contribution in [0.3, 0.4) is 0 Å². The van der Waals surface area contributed by atoms with Crippen LogP contribution in [0.5, 0.6) is 0 Å². The van der Waals surface area contributed by atoms with E-state index in [1.54, 1.807) is 19.1 Å². The number of amides is 1. The maximum Gasteiger partial charge on any atom is 0.240 e. The second-order valence-electron chi connectivity index (χ2n) is 4.60. The highest BCUT2D eigenvalue weighted by molar-refractivity contribution is 5.82. The first kappa shape index (κ1) is 16.4. The average molecular weight is 246 g/mol. The molecule has 0 spiro atoms. The summed E-state index contributed by atoms with van der Waals surface area (Å²) >= 11 is 0. The molecule has 0 saturated heterocycles. The van der Waals surface area contributed by atoms with Crippen molar-refractivity contribution in [2.75, 3.05) is 34.0 Å². The number of nitrogens with two attached hydrogens (primary N) is 1. The predicted molar refractivity (Wildman–Crippen MR) is 67.7 cm³/mol. The van der Waals surface area contributed by atoms with Gasteiger partial charge in [0, 0.05) is 20.8 Å². The molecule has 1 unspecified atom stereocenters. The lowest BCUT2D eigenvalue weighted by Crippen LogP contribution is -2.52. The van der Waals surface area contributed by atoms with Crippen molar-refractivity contribution in [1.29, 1.82) is 0 Å². The summed E-state index contributed by atoms with van der Waals surface area (Å²) in [5.74, 6) is 0.0869. The van der Waals surface area contributed by atoms with Gasteiger partial charge >= 0.3 is 0 Å². The van der Waals surface area contributed by atoms with Crippen molar-refractivity contribution in [2.45, 2.75) is 32.9 Å². The Labute approximate surface area is 104 Å². The van der Waals surface area contributed by atoms with Crippen LogP contribution in [0.2, 0.25) is 0 Å². The fraction of sp³-hybridized carbons (Fsp3) is 0.917. The largest absolute Gasteiger partial charge is 0.383 e. The van der Waals surface area contributed by atoms with Crippen LogP contribution in [0.1, 0.15) is 20.8 Å². The van der Waals surface area contributed by atoms with Crippen molar-refractivity contribution < 1.29 is 14.3 Å². The van der Waals surface area contributed by atoms with Crippen molar-refractivity contribution >= 4 is 5.91 Å². The van der Waals surface area contributed by atoms with Crippen LogP contribution < -0.4 is 5.73 Å². The molecule has 0 bridgehead atoms. The van der Waals surface area contributed by atoms with Crippen molar-refractivity contribution in [1.82, 2.24) is 4.90 Å². The van der Waals surface area contributed by atoms with Gasteiger partial charge in [-0.1, -0.05) is 13.8 Å². The molecular formula is C12H26N2O3. The zero-order valence-corrected chi connectivity index (χ0v) is 11.6. The van der Waals surface area contributed by atoms with Gasteiger partial charge in [0.15, 0.2) is 0 Å². The van der Waals surface area contributed by atoms with Gasteiger partial charge in [-0.15, -0.1) is 0 Å². The van der Waals surface area contributed by atoms with E-state index in [-0.39, 0.29) is 17.9 Å². The third-order valence-corrected chi connectivity index (χ3v) is 2.76. The van der Waals surface area contributed by atoms with E-state index < -0.39 is 6.04 Å². The van der Waals surface area contributed by atoms with Gasteiger partial charge < -0.3 is 20.1 Å². The lowest BCUT2D eigenvalue weighted by molar-refractivity contribution is -0.137. The maximum absolute atomic E-state index is 12.2. The van der Waals surface area contributed by atoms with Crippen LogP contribution in [0, 0.1) is 5.92 Å². The molecule has 0 aromatic heterocycles. The third kappa shape index (κ3) is 5.48. The summed E-state index contributed by atoms with van der Waals surface area (Å²) in [7, 11) is 3.24. The molecular weight excluding hydrogens is 220 g/mol. The van der Waals surface area contributed by atoms with E-state index in [2.05, 4.69) is 0 Å². The number of carbonyl (C=O) groups is 1. The van der Waals surface area contributed by atoms with E-state index in [0.717, 1.165) is 0 Å². The summed E-state index contributed by atoms with van der Waals surface area (Å²) in [6, 6.07) is -0.460. The van der Waals surface area contributed by atoms with E-state index in [1.807, 2.05) is 20.8 Å². The Morgan fingerprint density at radius 1 is 1.24 bits per heavy atom. The SMILES string of the molecule is COCCN(C(=O)[C@H](N)C(C)C)C(C)COC. The summed E-state index contributed by atoms with van der Waals surface area (Å²) in [6.45, 7) is 7.38. The van der Waals surface area contributed by atoms with Gasteiger partial charge in [-0.3, -0.25) is 4.79 Å². The first-order valence-corrected chi connectivity index (χ1v) is 5.99. The Hall–Kier alpha value is -0.650. The molecule has 0 heterocycles.